The molecule has 1 fully saturated rings. The van der Waals surface area contributed by atoms with Gasteiger partial charge in [-0.2, -0.15) is 0 Å². The number of oxazole rings is 1. The van der Waals surface area contributed by atoms with E-state index in [9.17, 15) is 8.42 Å². The minimum absolute atomic E-state index is 0.0514. The van der Waals surface area contributed by atoms with Crippen molar-refractivity contribution in [3.8, 4) is 0 Å². The summed E-state index contributed by atoms with van der Waals surface area (Å²) < 4.78 is 30.5. The summed E-state index contributed by atoms with van der Waals surface area (Å²) in [5, 5.41) is 0. The Hall–Kier alpha value is -1.18. The molecule has 0 bridgehead atoms. The summed E-state index contributed by atoms with van der Waals surface area (Å²) in [5.41, 5.74) is 1.69. The Morgan fingerprint density at radius 2 is 2.20 bits per heavy atom. The predicted octanol–water partition coefficient (Wildman–Crippen LogP) is 2.04. The van der Waals surface area contributed by atoms with Crippen LogP contribution in [0.3, 0.4) is 0 Å². The van der Waals surface area contributed by atoms with Gasteiger partial charge in [0.05, 0.1) is 23.7 Å². The molecular formula is C13H16N2O3S2. The summed E-state index contributed by atoms with van der Waals surface area (Å²) in [6.45, 7) is 0.538. The first kappa shape index (κ1) is 13.8. The number of nitrogens with zero attached hydrogens (tertiary/aromatic N) is 2. The van der Waals surface area contributed by atoms with Gasteiger partial charge >= 0.3 is 0 Å². The molecule has 20 heavy (non-hydrogen) atoms. The van der Waals surface area contributed by atoms with E-state index in [1.165, 1.54) is 0 Å². The number of hydrogen-bond donors (Lipinski definition) is 0. The molecule has 7 heteroatoms. The third-order valence-corrected chi connectivity index (χ3v) is 5.82. The quantitative estimate of drug-likeness (QED) is 0.812. The summed E-state index contributed by atoms with van der Waals surface area (Å²) in [7, 11) is -0.947. The molecule has 0 radical (unpaired) electrons. The lowest BCUT2D eigenvalue weighted by atomic mass is 10.2. The topological polar surface area (TPSA) is 55.5 Å². The monoisotopic (exact) mass is 312 g/mol. The van der Waals surface area contributed by atoms with Crippen molar-refractivity contribution in [1.29, 1.82) is 0 Å². The van der Waals surface area contributed by atoms with Crippen LogP contribution in [0.1, 0.15) is 6.42 Å². The van der Waals surface area contributed by atoms with Crippen molar-refractivity contribution in [2.24, 2.45) is 0 Å². The molecule has 2 heterocycles. The van der Waals surface area contributed by atoms with E-state index in [-0.39, 0.29) is 17.5 Å². The van der Waals surface area contributed by atoms with Gasteiger partial charge < -0.3 is 4.42 Å². The molecule has 0 spiro atoms. The standard InChI is InChI=1S/C13H16N2O3S2/c1-14(10-6-7-20(16,17)8-10)9-15-11-4-2-3-5-12(11)18-13(15)19/h2-5,10H,6-9H2,1H3/t10-/m1/s1. The fraction of sp³-hybridized carbons (Fsp3) is 0.462. The van der Waals surface area contributed by atoms with Crippen molar-refractivity contribution in [3.63, 3.8) is 0 Å². The second kappa shape index (κ2) is 4.98. The molecule has 108 valence electrons. The maximum absolute atomic E-state index is 11.6. The minimum atomic E-state index is -2.87. The molecule has 0 unspecified atom stereocenters. The first-order valence-electron chi connectivity index (χ1n) is 6.45. The number of rotatable bonds is 3. The van der Waals surface area contributed by atoms with E-state index in [2.05, 4.69) is 0 Å². The molecule has 0 saturated carbocycles. The predicted molar refractivity (Wildman–Crippen MR) is 79.9 cm³/mol. The van der Waals surface area contributed by atoms with Gasteiger partial charge in [-0.25, -0.2) is 8.42 Å². The van der Waals surface area contributed by atoms with E-state index in [4.69, 9.17) is 16.6 Å². The van der Waals surface area contributed by atoms with E-state index in [1.54, 1.807) is 0 Å². The summed E-state index contributed by atoms with van der Waals surface area (Å²) >= 11 is 5.24. The van der Waals surface area contributed by atoms with E-state index >= 15 is 0 Å². The largest absolute Gasteiger partial charge is 0.429 e. The van der Waals surface area contributed by atoms with Crippen molar-refractivity contribution in [2.75, 3.05) is 18.6 Å². The highest BCUT2D eigenvalue weighted by Gasteiger charge is 2.30. The van der Waals surface area contributed by atoms with Gasteiger partial charge in [0, 0.05) is 6.04 Å². The van der Waals surface area contributed by atoms with Crippen LogP contribution in [0.25, 0.3) is 11.1 Å². The molecular weight excluding hydrogens is 296 g/mol. The number of hydrogen-bond acceptors (Lipinski definition) is 5. The highest BCUT2D eigenvalue weighted by molar-refractivity contribution is 7.91. The van der Waals surface area contributed by atoms with Gasteiger partial charge in [-0.05, 0) is 37.8 Å². The van der Waals surface area contributed by atoms with Crippen LogP contribution in [0, 0.1) is 4.84 Å². The third-order valence-electron chi connectivity index (χ3n) is 3.77. The van der Waals surface area contributed by atoms with E-state index < -0.39 is 9.84 Å². The van der Waals surface area contributed by atoms with Crippen molar-refractivity contribution in [3.05, 3.63) is 29.1 Å². The van der Waals surface area contributed by atoms with Crippen LogP contribution in [0.15, 0.2) is 28.7 Å². The minimum Gasteiger partial charge on any atom is -0.429 e. The summed E-state index contributed by atoms with van der Waals surface area (Å²) in [4.78, 5) is 2.45. The highest BCUT2D eigenvalue weighted by atomic mass is 32.2. The van der Waals surface area contributed by atoms with E-state index in [0.29, 0.717) is 17.9 Å². The Labute approximate surface area is 122 Å². The summed E-state index contributed by atoms with van der Waals surface area (Å²) in [5.74, 6) is 0.506. The van der Waals surface area contributed by atoms with Gasteiger partial charge in [0.1, 0.15) is 0 Å². The van der Waals surface area contributed by atoms with Crippen LogP contribution in [-0.2, 0) is 16.5 Å². The molecule has 1 aromatic carbocycles. The molecule has 1 aromatic heterocycles. The normalized spacial score (nSPS) is 21.8. The Morgan fingerprint density at radius 3 is 2.90 bits per heavy atom. The zero-order chi connectivity index (χ0) is 14.3. The number of para-hydroxylation sites is 2. The van der Waals surface area contributed by atoms with Crippen molar-refractivity contribution < 1.29 is 12.8 Å². The fourth-order valence-electron chi connectivity index (χ4n) is 2.61. The van der Waals surface area contributed by atoms with Crippen LogP contribution in [0.4, 0.5) is 0 Å². The Balaban J connectivity index is 1.86. The molecule has 1 atom stereocenters. The number of sulfone groups is 1. The van der Waals surface area contributed by atoms with Crippen molar-refractivity contribution in [2.45, 2.75) is 19.1 Å². The van der Waals surface area contributed by atoms with Crippen LogP contribution in [-0.4, -0.2) is 42.5 Å². The number of fused-ring (bicyclic) bond motifs is 1. The van der Waals surface area contributed by atoms with Gasteiger partial charge in [0.15, 0.2) is 15.4 Å². The lowest BCUT2D eigenvalue weighted by Crippen LogP contribution is -2.34. The molecule has 1 aliphatic heterocycles. The Bertz CT molecular complexity index is 791. The second-order valence-corrected chi connectivity index (χ2v) is 7.80. The Kier molecular flexibility index (Phi) is 3.43. The fourth-order valence-corrected chi connectivity index (χ4v) is 4.66. The molecule has 1 aliphatic rings. The third kappa shape index (κ3) is 2.53. The Morgan fingerprint density at radius 1 is 1.45 bits per heavy atom. The molecule has 1 saturated heterocycles. The molecule has 0 amide bonds. The number of aromatic nitrogens is 1. The van der Waals surface area contributed by atoms with Crippen LogP contribution in [0.2, 0.25) is 0 Å². The SMILES string of the molecule is CN(Cn1c(=S)oc2ccccc21)[C@@H]1CCS(=O)(=O)C1. The smallest absolute Gasteiger partial charge is 0.270 e. The highest BCUT2D eigenvalue weighted by Crippen LogP contribution is 2.21. The average Bonchev–Trinajstić information content (AvgIpc) is 2.91. The summed E-state index contributed by atoms with van der Waals surface area (Å²) in [6.07, 6.45) is 0.682. The van der Waals surface area contributed by atoms with Crippen molar-refractivity contribution >= 4 is 33.2 Å². The van der Waals surface area contributed by atoms with Crippen LogP contribution < -0.4 is 0 Å². The van der Waals surface area contributed by atoms with Gasteiger partial charge in [-0.15, -0.1) is 0 Å². The van der Waals surface area contributed by atoms with E-state index in [0.717, 1.165) is 11.1 Å². The molecule has 0 N–H and O–H groups in total. The average molecular weight is 312 g/mol. The molecule has 2 aromatic rings. The lowest BCUT2D eigenvalue weighted by molar-refractivity contribution is 0.207. The zero-order valence-corrected chi connectivity index (χ0v) is 12.8. The molecule has 5 nitrogen and oxygen atoms in total. The van der Waals surface area contributed by atoms with Crippen LogP contribution in [0.5, 0.6) is 0 Å². The van der Waals surface area contributed by atoms with Gasteiger partial charge in [0.25, 0.3) is 4.84 Å². The van der Waals surface area contributed by atoms with Gasteiger partial charge in [0.2, 0.25) is 0 Å². The van der Waals surface area contributed by atoms with Gasteiger partial charge in [-0.3, -0.25) is 9.47 Å². The maximum Gasteiger partial charge on any atom is 0.270 e. The van der Waals surface area contributed by atoms with Crippen LogP contribution >= 0.6 is 12.2 Å². The first-order valence-corrected chi connectivity index (χ1v) is 8.68. The first-order chi connectivity index (χ1) is 9.46. The molecule has 3 rings (SSSR count). The zero-order valence-electron chi connectivity index (χ0n) is 11.2. The lowest BCUT2D eigenvalue weighted by Gasteiger charge is -2.23. The van der Waals surface area contributed by atoms with E-state index in [1.807, 2.05) is 40.8 Å². The summed E-state index contributed by atoms with van der Waals surface area (Å²) in [6, 6.07) is 7.72. The van der Waals surface area contributed by atoms with Gasteiger partial charge in [-0.1, -0.05) is 12.1 Å². The molecule has 0 aliphatic carbocycles. The maximum atomic E-state index is 11.6. The number of benzene rings is 1. The second-order valence-electron chi connectivity index (χ2n) is 5.22. The van der Waals surface area contributed by atoms with Crippen molar-refractivity contribution in [1.82, 2.24) is 9.47 Å².